The van der Waals surface area contributed by atoms with Crippen LogP contribution in [0.25, 0.3) is 0 Å². The van der Waals surface area contributed by atoms with E-state index in [1.54, 1.807) is 0 Å². The third-order valence-electron chi connectivity index (χ3n) is 6.94. The van der Waals surface area contributed by atoms with Gasteiger partial charge in [-0.05, 0) is 81.5 Å². The molecule has 0 amide bonds. The molecule has 0 N–H and O–H groups in total. The molecule has 128 valence electrons. The van der Waals surface area contributed by atoms with Crippen LogP contribution in [-0.4, -0.2) is 12.2 Å². The molecule has 0 spiro atoms. The molecule has 0 aromatic heterocycles. The van der Waals surface area contributed by atoms with Crippen molar-refractivity contribution in [2.45, 2.75) is 110 Å². The number of hydrogen-bond acceptors (Lipinski definition) is 1. The largest absolute Gasteiger partial charge is 0.375 e. The average Bonchev–Trinajstić information content (AvgIpc) is 2.54. The van der Waals surface area contributed by atoms with Crippen LogP contribution < -0.4 is 0 Å². The third-order valence-corrected chi connectivity index (χ3v) is 6.94. The van der Waals surface area contributed by atoms with Crippen LogP contribution in [0, 0.1) is 23.7 Å². The molecule has 0 atom stereocenters. The summed E-state index contributed by atoms with van der Waals surface area (Å²) in [6, 6.07) is 0. The molecule has 1 nitrogen and oxygen atoms in total. The highest BCUT2D eigenvalue weighted by molar-refractivity contribution is 4.79. The third kappa shape index (κ3) is 4.98. The first-order valence-corrected chi connectivity index (χ1v) is 10.3. The lowest BCUT2D eigenvalue weighted by Gasteiger charge is -2.36. The Bertz CT molecular complexity index is 270. The number of hydrogen-bond donors (Lipinski definition) is 0. The molecule has 0 unspecified atom stereocenters. The summed E-state index contributed by atoms with van der Waals surface area (Å²) in [5.41, 5.74) is 0. The maximum Gasteiger partial charge on any atom is 0.0579 e. The molecule has 0 aliphatic heterocycles. The Balaban J connectivity index is 1.32. The predicted octanol–water partition coefficient (Wildman–Crippen LogP) is 6.36. The average molecular weight is 307 g/mol. The van der Waals surface area contributed by atoms with Gasteiger partial charge in [-0.25, -0.2) is 0 Å². The molecule has 3 saturated carbocycles. The van der Waals surface area contributed by atoms with Crippen molar-refractivity contribution in [1.82, 2.24) is 0 Å². The summed E-state index contributed by atoms with van der Waals surface area (Å²) in [7, 11) is 0. The fourth-order valence-electron chi connectivity index (χ4n) is 5.18. The molecule has 1 heteroatoms. The molecule has 3 fully saturated rings. The van der Waals surface area contributed by atoms with Crippen LogP contribution in [0.2, 0.25) is 0 Å². The summed E-state index contributed by atoms with van der Waals surface area (Å²) >= 11 is 0. The second kappa shape index (κ2) is 8.18. The van der Waals surface area contributed by atoms with Gasteiger partial charge in [0.1, 0.15) is 0 Å². The van der Waals surface area contributed by atoms with Gasteiger partial charge in [-0.3, -0.25) is 0 Å². The first-order valence-electron chi connectivity index (χ1n) is 10.3. The monoisotopic (exact) mass is 306 g/mol. The van der Waals surface area contributed by atoms with E-state index in [1.807, 2.05) is 0 Å². The van der Waals surface area contributed by atoms with E-state index in [1.165, 1.54) is 83.5 Å². The summed E-state index contributed by atoms with van der Waals surface area (Å²) in [6.07, 6.45) is 19.7. The molecular weight excluding hydrogens is 268 g/mol. The van der Waals surface area contributed by atoms with Gasteiger partial charge >= 0.3 is 0 Å². The predicted molar refractivity (Wildman–Crippen MR) is 94.0 cm³/mol. The van der Waals surface area contributed by atoms with Gasteiger partial charge < -0.3 is 4.74 Å². The van der Waals surface area contributed by atoms with E-state index in [-0.39, 0.29) is 0 Å². The summed E-state index contributed by atoms with van der Waals surface area (Å²) in [5.74, 6) is 4.01. The lowest BCUT2D eigenvalue weighted by molar-refractivity contribution is -0.0568. The van der Waals surface area contributed by atoms with Gasteiger partial charge in [-0.1, -0.05) is 39.5 Å². The quantitative estimate of drug-likeness (QED) is 0.587. The van der Waals surface area contributed by atoms with E-state index in [0.717, 1.165) is 23.7 Å². The molecule has 3 aliphatic rings. The molecule has 0 radical (unpaired) electrons. The lowest BCUT2D eigenvalue weighted by Crippen LogP contribution is -2.30. The van der Waals surface area contributed by atoms with E-state index in [9.17, 15) is 0 Å². The molecule has 3 aliphatic carbocycles. The Kier molecular flexibility index (Phi) is 6.24. The van der Waals surface area contributed by atoms with Crippen molar-refractivity contribution in [3.8, 4) is 0 Å². The Morgan fingerprint density at radius 2 is 0.909 bits per heavy atom. The Morgan fingerprint density at radius 3 is 1.41 bits per heavy atom. The van der Waals surface area contributed by atoms with Crippen molar-refractivity contribution in [2.24, 2.45) is 23.7 Å². The van der Waals surface area contributed by atoms with Gasteiger partial charge in [-0.15, -0.1) is 0 Å². The summed E-state index contributed by atoms with van der Waals surface area (Å²) < 4.78 is 6.43. The molecule has 22 heavy (non-hydrogen) atoms. The van der Waals surface area contributed by atoms with E-state index in [2.05, 4.69) is 13.8 Å². The molecule has 0 aromatic rings. The SMILES string of the molecule is CC1CCC(CC2CCC(OC3CCC(C)CC3)CC2)CC1. The van der Waals surface area contributed by atoms with Crippen molar-refractivity contribution >= 4 is 0 Å². The zero-order valence-electron chi connectivity index (χ0n) is 15.1. The zero-order valence-corrected chi connectivity index (χ0v) is 15.1. The zero-order chi connectivity index (χ0) is 15.4. The Labute approximate surface area is 138 Å². The van der Waals surface area contributed by atoms with Crippen molar-refractivity contribution in [1.29, 1.82) is 0 Å². The minimum Gasteiger partial charge on any atom is -0.375 e. The van der Waals surface area contributed by atoms with Gasteiger partial charge in [0.2, 0.25) is 0 Å². The van der Waals surface area contributed by atoms with E-state index in [0.29, 0.717) is 12.2 Å². The smallest absolute Gasteiger partial charge is 0.0579 e. The van der Waals surface area contributed by atoms with Crippen LogP contribution in [-0.2, 0) is 4.74 Å². The van der Waals surface area contributed by atoms with Crippen LogP contribution in [0.4, 0.5) is 0 Å². The molecule has 0 saturated heterocycles. The maximum atomic E-state index is 6.43. The lowest BCUT2D eigenvalue weighted by atomic mass is 9.75. The molecular formula is C21H38O. The summed E-state index contributed by atoms with van der Waals surface area (Å²) in [4.78, 5) is 0. The summed E-state index contributed by atoms with van der Waals surface area (Å²) in [5, 5.41) is 0. The van der Waals surface area contributed by atoms with Gasteiger partial charge in [-0.2, -0.15) is 0 Å². The van der Waals surface area contributed by atoms with E-state index >= 15 is 0 Å². The highest BCUT2D eigenvalue weighted by Crippen LogP contribution is 2.38. The van der Waals surface area contributed by atoms with Gasteiger partial charge in [0.05, 0.1) is 12.2 Å². The summed E-state index contributed by atoms with van der Waals surface area (Å²) in [6.45, 7) is 4.83. The number of rotatable bonds is 4. The minimum absolute atomic E-state index is 0.595. The second-order valence-corrected chi connectivity index (χ2v) is 9.02. The molecule has 3 rings (SSSR count). The maximum absolute atomic E-state index is 6.43. The minimum atomic E-state index is 0.595. The van der Waals surface area contributed by atoms with Gasteiger partial charge in [0.25, 0.3) is 0 Å². The van der Waals surface area contributed by atoms with E-state index in [4.69, 9.17) is 4.74 Å². The van der Waals surface area contributed by atoms with Crippen LogP contribution in [0.15, 0.2) is 0 Å². The van der Waals surface area contributed by atoms with Crippen molar-refractivity contribution in [2.75, 3.05) is 0 Å². The first kappa shape index (κ1) is 16.8. The first-order chi connectivity index (χ1) is 10.7. The van der Waals surface area contributed by atoms with Crippen LogP contribution in [0.3, 0.4) is 0 Å². The fraction of sp³-hybridized carbons (Fsp3) is 1.00. The topological polar surface area (TPSA) is 9.23 Å². The van der Waals surface area contributed by atoms with E-state index < -0.39 is 0 Å². The molecule has 0 aromatic carbocycles. The van der Waals surface area contributed by atoms with Crippen LogP contribution in [0.1, 0.15) is 97.3 Å². The van der Waals surface area contributed by atoms with Crippen LogP contribution >= 0.6 is 0 Å². The normalized spacial score (nSPS) is 43.9. The standard InChI is InChI=1S/C21H38O/c1-16-3-7-18(8-4-16)15-19-9-13-21(14-10-19)22-20-11-5-17(2)6-12-20/h16-21H,3-15H2,1-2H3. The Hall–Kier alpha value is -0.0400. The van der Waals surface area contributed by atoms with Crippen molar-refractivity contribution in [3.63, 3.8) is 0 Å². The highest BCUT2D eigenvalue weighted by Gasteiger charge is 2.28. The van der Waals surface area contributed by atoms with Gasteiger partial charge in [0, 0.05) is 0 Å². The molecule has 0 bridgehead atoms. The number of ether oxygens (including phenoxy) is 1. The van der Waals surface area contributed by atoms with Crippen molar-refractivity contribution < 1.29 is 4.74 Å². The Morgan fingerprint density at radius 1 is 0.545 bits per heavy atom. The fourth-order valence-corrected chi connectivity index (χ4v) is 5.18. The van der Waals surface area contributed by atoms with Crippen LogP contribution in [0.5, 0.6) is 0 Å². The van der Waals surface area contributed by atoms with Crippen molar-refractivity contribution in [3.05, 3.63) is 0 Å². The molecule has 0 heterocycles. The highest BCUT2D eigenvalue weighted by atomic mass is 16.5. The second-order valence-electron chi connectivity index (χ2n) is 9.02. The van der Waals surface area contributed by atoms with Gasteiger partial charge in [0.15, 0.2) is 0 Å².